The first-order valence-corrected chi connectivity index (χ1v) is 16.7. The van der Waals surface area contributed by atoms with Crippen LogP contribution in [0.5, 0.6) is 6.01 Å². The number of nitrogens with zero attached hydrogens (tertiary/aromatic N) is 7. The molecule has 5 aromatic rings. The summed E-state index contributed by atoms with van der Waals surface area (Å²) in [6.45, 7) is 2.35. The van der Waals surface area contributed by atoms with Gasteiger partial charge in [0.15, 0.2) is 5.82 Å². The molecular formula is C39H36FN7O3. The van der Waals surface area contributed by atoms with Crippen molar-refractivity contribution in [1.29, 1.82) is 5.26 Å². The van der Waals surface area contributed by atoms with Gasteiger partial charge >= 0.3 is 12.1 Å². The Morgan fingerprint density at radius 1 is 1.04 bits per heavy atom. The van der Waals surface area contributed by atoms with Crippen molar-refractivity contribution in [1.82, 2.24) is 24.8 Å². The minimum absolute atomic E-state index is 0.0487. The van der Waals surface area contributed by atoms with Gasteiger partial charge in [0.1, 0.15) is 30.2 Å². The van der Waals surface area contributed by atoms with E-state index >= 15 is 4.39 Å². The lowest BCUT2D eigenvalue weighted by atomic mass is 9.97. The van der Waals surface area contributed by atoms with Crippen LogP contribution in [0, 0.1) is 29.5 Å². The topological polar surface area (TPSA) is 108 Å². The smallest absolute Gasteiger partial charge is 0.410 e. The summed E-state index contributed by atoms with van der Waals surface area (Å²) in [5, 5.41) is 11.7. The first-order valence-electron chi connectivity index (χ1n) is 16.7. The summed E-state index contributed by atoms with van der Waals surface area (Å²) in [5.41, 5.74) is 2.24. The molecule has 4 heterocycles. The minimum atomic E-state index is -0.620. The molecule has 3 aromatic carbocycles. The zero-order valence-electron chi connectivity index (χ0n) is 27.8. The third kappa shape index (κ3) is 6.48. The summed E-state index contributed by atoms with van der Waals surface area (Å²) >= 11 is 0. The van der Waals surface area contributed by atoms with Crippen LogP contribution in [-0.4, -0.2) is 82.8 Å². The number of amides is 1. The van der Waals surface area contributed by atoms with Gasteiger partial charge in [-0.15, -0.1) is 6.42 Å². The molecule has 2 aliphatic heterocycles. The molecule has 0 radical (unpaired) electrons. The Labute approximate surface area is 290 Å². The number of fused-ring (bicyclic) bond motifs is 2. The average Bonchev–Trinajstić information content (AvgIpc) is 3.57. The SMILES string of the molecule is C#Cc1cccc2cccc(-c3ncc4c(N5CCN(C(=O)OCc6ccccc6)[C@@H](CC#N)C5)nc(OC[C@@H]5CCCN5C)nc4c3F)c12. The lowest BCUT2D eigenvalue weighted by Crippen LogP contribution is -2.55. The predicted octanol–water partition coefficient (Wildman–Crippen LogP) is 6.18. The van der Waals surface area contributed by atoms with Crippen LogP contribution in [0.3, 0.4) is 0 Å². The maximum absolute atomic E-state index is 16.8. The van der Waals surface area contributed by atoms with E-state index in [1.54, 1.807) is 17.2 Å². The highest BCUT2D eigenvalue weighted by Gasteiger charge is 2.34. The second-order valence-corrected chi connectivity index (χ2v) is 12.6. The minimum Gasteiger partial charge on any atom is -0.462 e. The van der Waals surface area contributed by atoms with E-state index in [0.717, 1.165) is 35.7 Å². The van der Waals surface area contributed by atoms with Gasteiger partial charge in [0.2, 0.25) is 0 Å². The molecule has 2 aliphatic rings. The molecule has 1 amide bonds. The van der Waals surface area contributed by atoms with Gasteiger partial charge in [-0.3, -0.25) is 4.98 Å². The second-order valence-electron chi connectivity index (χ2n) is 12.6. The fraction of sp³-hybridized carbons (Fsp3) is 0.308. The lowest BCUT2D eigenvalue weighted by Gasteiger charge is -2.40. The first kappa shape index (κ1) is 32.8. The van der Waals surface area contributed by atoms with Crippen molar-refractivity contribution in [2.24, 2.45) is 0 Å². The summed E-state index contributed by atoms with van der Waals surface area (Å²) in [6.07, 6.45) is 9.06. The van der Waals surface area contributed by atoms with Gasteiger partial charge in [-0.2, -0.15) is 15.2 Å². The monoisotopic (exact) mass is 669 g/mol. The third-order valence-corrected chi connectivity index (χ3v) is 9.58. The van der Waals surface area contributed by atoms with Crippen molar-refractivity contribution in [3.63, 3.8) is 0 Å². The summed E-state index contributed by atoms with van der Waals surface area (Å²) < 4.78 is 28.6. The fourth-order valence-corrected chi connectivity index (χ4v) is 6.90. The van der Waals surface area contributed by atoms with Crippen molar-refractivity contribution in [3.05, 3.63) is 89.9 Å². The van der Waals surface area contributed by atoms with Gasteiger partial charge in [-0.1, -0.05) is 66.6 Å². The van der Waals surface area contributed by atoms with E-state index in [9.17, 15) is 10.1 Å². The van der Waals surface area contributed by atoms with E-state index in [1.807, 2.05) is 65.6 Å². The number of likely N-dealkylation sites (tertiary alicyclic amines) is 1. The molecule has 0 N–H and O–H groups in total. The van der Waals surface area contributed by atoms with E-state index in [0.29, 0.717) is 35.5 Å². The second kappa shape index (κ2) is 14.4. The molecular weight excluding hydrogens is 633 g/mol. The summed E-state index contributed by atoms with van der Waals surface area (Å²) in [7, 11) is 2.06. The van der Waals surface area contributed by atoms with Crippen molar-refractivity contribution >= 4 is 33.6 Å². The number of piperazine rings is 1. The number of pyridine rings is 1. The molecule has 0 aliphatic carbocycles. The number of likely N-dealkylation sites (N-methyl/N-ethyl adjacent to an activating group) is 1. The molecule has 2 aromatic heterocycles. The third-order valence-electron chi connectivity index (χ3n) is 9.58. The van der Waals surface area contributed by atoms with Crippen molar-refractivity contribution < 1.29 is 18.7 Å². The number of terminal acetylenes is 1. The van der Waals surface area contributed by atoms with Crippen LogP contribution < -0.4 is 9.64 Å². The van der Waals surface area contributed by atoms with Gasteiger partial charge in [-0.05, 0) is 43.5 Å². The number of hydrogen-bond acceptors (Lipinski definition) is 9. The standard InChI is InChI=1S/C39H36FN7O3/c1-3-27-12-7-13-28-14-8-16-31(33(27)28)35-34(40)36-32(22-42-35)37(44-38(43-36)49-25-30-15-9-19-45(30)2)46-20-21-47(29(23-46)17-18-41)39(48)50-24-26-10-5-4-6-11-26/h1,4-8,10-14,16,22,29-30H,9,15,17,19-21,23-25H2,2H3/t29-,30-/m0/s1. The molecule has 10 nitrogen and oxygen atoms in total. The molecule has 0 saturated carbocycles. The number of nitriles is 1. The number of hydrogen-bond donors (Lipinski definition) is 0. The number of ether oxygens (including phenoxy) is 2. The van der Waals surface area contributed by atoms with E-state index in [-0.39, 0.29) is 49.4 Å². The van der Waals surface area contributed by atoms with Crippen LogP contribution in [-0.2, 0) is 11.3 Å². The largest absolute Gasteiger partial charge is 0.462 e. The molecule has 0 bridgehead atoms. The van der Waals surface area contributed by atoms with Crippen LogP contribution in [0.1, 0.15) is 30.4 Å². The van der Waals surface area contributed by atoms with Gasteiger partial charge in [0.05, 0.1) is 23.9 Å². The number of benzene rings is 3. The number of anilines is 1. The Morgan fingerprint density at radius 2 is 1.86 bits per heavy atom. The normalized spacial score (nSPS) is 17.8. The Kier molecular flexibility index (Phi) is 9.41. The zero-order chi connectivity index (χ0) is 34.6. The molecule has 252 valence electrons. The maximum Gasteiger partial charge on any atom is 0.410 e. The quantitative estimate of drug-likeness (QED) is 0.179. The van der Waals surface area contributed by atoms with Gasteiger partial charge < -0.3 is 24.2 Å². The molecule has 11 heteroatoms. The number of rotatable bonds is 8. The predicted molar refractivity (Wildman–Crippen MR) is 189 cm³/mol. The Morgan fingerprint density at radius 3 is 2.62 bits per heavy atom. The molecule has 2 atom stereocenters. The Balaban J connectivity index is 1.25. The molecule has 0 spiro atoms. The summed E-state index contributed by atoms with van der Waals surface area (Å²) in [4.78, 5) is 33.0. The zero-order valence-corrected chi connectivity index (χ0v) is 27.8. The number of carbonyl (C=O) groups excluding carboxylic acids is 1. The molecule has 2 saturated heterocycles. The van der Waals surface area contributed by atoms with E-state index < -0.39 is 18.0 Å². The fourth-order valence-electron chi connectivity index (χ4n) is 6.90. The summed E-state index contributed by atoms with van der Waals surface area (Å²) in [5.74, 6) is 2.52. The van der Waals surface area contributed by atoms with Crippen LogP contribution in [0.25, 0.3) is 32.9 Å². The van der Waals surface area contributed by atoms with Gasteiger partial charge in [0.25, 0.3) is 0 Å². The number of carbonyl (C=O) groups is 1. The maximum atomic E-state index is 16.8. The van der Waals surface area contributed by atoms with E-state index in [4.69, 9.17) is 20.9 Å². The highest BCUT2D eigenvalue weighted by molar-refractivity contribution is 6.02. The Bertz CT molecular complexity index is 2130. The lowest BCUT2D eigenvalue weighted by molar-refractivity contribution is 0.0768. The van der Waals surface area contributed by atoms with Crippen LogP contribution in [0.2, 0.25) is 0 Å². The summed E-state index contributed by atoms with van der Waals surface area (Å²) in [6, 6.07) is 22.6. The Hall–Kier alpha value is -5.78. The van der Waals surface area contributed by atoms with Crippen molar-refractivity contribution in [2.75, 3.05) is 44.7 Å². The molecule has 50 heavy (non-hydrogen) atoms. The van der Waals surface area contributed by atoms with Crippen molar-refractivity contribution in [3.8, 4) is 35.7 Å². The van der Waals surface area contributed by atoms with Crippen LogP contribution >= 0.6 is 0 Å². The molecule has 2 fully saturated rings. The van der Waals surface area contributed by atoms with Crippen LogP contribution in [0.15, 0.2) is 72.9 Å². The number of halogens is 1. The molecule has 0 unspecified atom stereocenters. The van der Waals surface area contributed by atoms with Crippen LogP contribution in [0.4, 0.5) is 15.0 Å². The highest BCUT2D eigenvalue weighted by atomic mass is 19.1. The van der Waals surface area contributed by atoms with E-state index in [2.05, 4.69) is 33.9 Å². The first-order chi connectivity index (χ1) is 24.4. The molecule has 7 rings (SSSR count). The van der Waals surface area contributed by atoms with Gasteiger partial charge in [-0.25, -0.2) is 9.18 Å². The van der Waals surface area contributed by atoms with Crippen molar-refractivity contribution in [2.45, 2.75) is 38.0 Å². The number of aromatic nitrogens is 3. The van der Waals surface area contributed by atoms with Gasteiger partial charge in [0, 0.05) is 48.4 Å². The average molecular weight is 670 g/mol. The van der Waals surface area contributed by atoms with E-state index in [1.165, 1.54) is 0 Å². The highest BCUT2D eigenvalue weighted by Crippen LogP contribution is 2.36.